The molecule has 1 saturated heterocycles. The number of piperidine rings is 1. The van der Waals surface area contributed by atoms with E-state index < -0.39 is 4.92 Å². The Balaban J connectivity index is 1.82. The van der Waals surface area contributed by atoms with E-state index in [-0.39, 0.29) is 11.5 Å². The Morgan fingerprint density at radius 3 is 2.44 bits per heavy atom. The standard InChI is InChI=1S/C13H15FN2O2/c14-11-2-1-10(16(17)18)9-12(11)15-7-5-13(3-4-13)6-8-15/h1-2,9H,3-8H2. The summed E-state index contributed by atoms with van der Waals surface area (Å²) < 4.78 is 13.8. The molecule has 1 aromatic carbocycles. The van der Waals surface area contributed by atoms with Gasteiger partial charge in [-0.05, 0) is 37.2 Å². The third kappa shape index (κ3) is 1.94. The number of nitro groups is 1. The second-order valence-corrected chi connectivity index (χ2v) is 5.38. The van der Waals surface area contributed by atoms with Crippen molar-refractivity contribution in [3.8, 4) is 0 Å². The highest BCUT2D eigenvalue weighted by molar-refractivity contribution is 5.54. The summed E-state index contributed by atoms with van der Waals surface area (Å²) in [5, 5.41) is 10.7. The van der Waals surface area contributed by atoms with Crippen molar-refractivity contribution in [1.82, 2.24) is 0 Å². The number of nitro benzene ring substituents is 1. The van der Waals surface area contributed by atoms with Crippen LogP contribution in [0, 0.1) is 21.3 Å². The van der Waals surface area contributed by atoms with Crippen LogP contribution in [-0.2, 0) is 0 Å². The predicted octanol–water partition coefficient (Wildman–Crippen LogP) is 3.11. The summed E-state index contributed by atoms with van der Waals surface area (Å²) >= 11 is 0. The molecule has 2 aliphatic rings. The Morgan fingerprint density at radius 1 is 1.22 bits per heavy atom. The molecule has 0 N–H and O–H groups in total. The van der Waals surface area contributed by atoms with Crippen molar-refractivity contribution < 1.29 is 9.31 Å². The van der Waals surface area contributed by atoms with Gasteiger partial charge in [0.2, 0.25) is 0 Å². The highest BCUT2D eigenvalue weighted by Gasteiger charge is 2.44. The van der Waals surface area contributed by atoms with E-state index in [1.54, 1.807) is 0 Å². The van der Waals surface area contributed by atoms with E-state index in [1.807, 2.05) is 4.90 Å². The van der Waals surface area contributed by atoms with Crippen molar-refractivity contribution in [2.75, 3.05) is 18.0 Å². The van der Waals surface area contributed by atoms with Crippen LogP contribution in [0.5, 0.6) is 0 Å². The summed E-state index contributed by atoms with van der Waals surface area (Å²) in [6.45, 7) is 1.61. The number of anilines is 1. The molecule has 1 aromatic rings. The van der Waals surface area contributed by atoms with Gasteiger partial charge in [-0.3, -0.25) is 10.1 Å². The van der Waals surface area contributed by atoms with Gasteiger partial charge < -0.3 is 4.90 Å². The van der Waals surface area contributed by atoms with Gasteiger partial charge in [-0.1, -0.05) is 0 Å². The van der Waals surface area contributed by atoms with Crippen molar-refractivity contribution in [2.24, 2.45) is 5.41 Å². The fourth-order valence-electron chi connectivity index (χ4n) is 2.76. The number of rotatable bonds is 2. The first-order chi connectivity index (χ1) is 8.60. The lowest BCUT2D eigenvalue weighted by molar-refractivity contribution is -0.384. The molecule has 4 nitrogen and oxygen atoms in total. The smallest absolute Gasteiger partial charge is 0.271 e. The average Bonchev–Trinajstić information content (AvgIpc) is 3.11. The Hall–Kier alpha value is -1.65. The molecule has 2 fully saturated rings. The third-order valence-corrected chi connectivity index (χ3v) is 4.26. The molecule has 1 heterocycles. The normalized spacial score (nSPS) is 21.1. The maximum atomic E-state index is 13.8. The van der Waals surface area contributed by atoms with Gasteiger partial charge >= 0.3 is 0 Å². The van der Waals surface area contributed by atoms with Gasteiger partial charge in [-0.15, -0.1) is 0 Å². The van der Waals surface area contributed by atoms with Crippen LogP contribution in [-0.4, -0.2) is 18.0 Å². The monoisotopic (exact) mass is 250 g/mol. The molecule has 18 heavy (non-hydrogen) atoms. The molecule has 1 saturated carbocycles. The summed E-state index contributed by atoms with van der Waals surface area (Å²) in [7, 11) is 0. The molecule has 5 heteroatoms. The topological polar surface area (TPSA) is 46.4 Å². The molecule has 96 valence electrons. The van der Waals surface area contributed by atoms with Crippen LogP contribution < -0.4 is 4.90 Å². The number of halogens is 1. The molecular weight excluding hydrogens is 235 g/mol. The summed E-state index contributed by atoms with van der Waals surface area (Å²) in [6.07, 6.45) is 4.74. The van der Waals surface area contributed by atoms with Crippen molar-refractivity contribution in [3.05, 3.63) is 34.1 Å². The van der Waals surface area contributed by atoms with Crippen LogP contribution >= 0.6 is 0 Å². The fraction of sp³-hybridized carbons (Fsp3) is 0.538. The van der Waals surface area contributed by atoms with Gasteiger partial charge in [0.15, 0.2) is 0 Å². The number of nitrogens with zero attached hydrogens (tertiary/aromatic N) is 2. The summed E-state index contributed by atoms with van der Waals surface area (Å²) in [5.41, 5.74) is 0.853. The first-order valence-electron chi connectivity index (χ1n) is 6.29. The number of hydrogen-bond acceptors (Lipinski definition) is 3. The molecule has 0 unspecified atom stereocenters. The summed E-state index contributed by atoms with van der Waals surface area (Å²) in [6, 6.07) is 3.75. The van der Waals surface area contributed by atoms with Crippen molar-refractivity contribution in [2.45, 2.75) is 25.7 Å². The Morgan fingerprint density at radius 2 is 1.89 bits per heavy atom. The highest BCUT2D eigenvalue weighted by Crippen LogP contribution is 2.54. The van der Waals surface area contributed by atoms with Gasteiger partial charge in [0.25, 0.3) is 5.69 Å². The van der Waals surface area contributed by atoms with Gasteiger partial charge in [0.05, 0.1) is 10.6 Å². The second kappa shape index (κ2) is 3.93. The van der Waals surface area contributed by atoms with Gasteiger partial charge in [-0.2, -0.15) is 0 Å². The van der Waals surface area contributed by atoms with E-state index in [1.165, 1.54) is 31.0 Å². The number of benzene rings is 1. The van der Waals surface area contributed by atoms with Crippen LogP contribution in [0.3, 0.4) is 0 Å². The SMILES string of the molecule is O=[N+]([O-])c1ccc(F)c(N2CCC3(CC2)CC3)c1. The molecule has 0 bridgehead atoms. The second-order valence-electron chi connectivity index (χ2n) is 5.38. The van der Waals surface area contributed by atoms with E-state index in [0.717, 1.165) is 25.9 Å². The maximum absolute atomic E-state index is 13.8. The Labute approximate surface area is 105 Å². The zero-order valence-corrected chi connectivity index (χ0v) is 10.1. The minimum atomic E-state index is -0.477. The molecule has 0 aromatic heterocycles. The summed E-state index contributed by atoms with van der Waals surface area (Å²) in [5.74, 6) is -0.368. The predicted molar refractivity (Wildman–Crippen MR) is 66.2 cm³/mol. The van der Waals surface area contributed by atoms with Gasteiger partial charge in [0, 0.05) is 25.2 Å². The van der Waals surface area contributed by atoms with Crippen LogP contribution in [0.25, 0.3) is 0 Å². The van der Waals surface area contributed by atoms with Crippen LogP contribution in [0.4, 0.5) is 15.8 Å². The van der Waals surface area contributed by atoms with E-state index in [2.05, 4.69) is 0 Å². The van der Waals surface area contributed by atoms with Crippen molar-refractivity contribution in [3.63, 3.8) is 0 Å². The van der Waals surface area contributed by atoms with E-state index in [9.17, 15) is 14.5 Å². The van der Waals surface area contributed by atoms with Crippen molar-refractivity contribution in [1.29, 1.82) is 0 Å². The van der Waals surface area contributed by atoms with Gasteiger partial charge in [0.1, 0.15) is 5.82 Å². The van der Waals surface area contributed by atoms with Gasteiger partial charge in [-0.25, -0.2) is 4.39 Å². The third-order valence-electron chi connectivity index (χ3n) is 4.26. The Bertz CT molecular complexity index is 490. The lowest BCUT2D eigenvalue weighted by atomic mass is 9.93. The average molecular weight is 250 g/mol. The molecule has 0 radical (unpaired) electrons. The molecule has 0 amide bonds. The molecule has 1 aliphatic heterocycles. The van der Waals surface area contributed by atoms with E-state index in [0.29, 0.717) is 11.1 Å². The zero-order valence-electron chi connectivity index (χ0n) is 10.1. The first kappa shape index (κ1) is 11.4. The molecule has 1 spiro atoms. The minimum absolute atomic E-state index is 0.0434. The zero-order chi connectivity index (χ0) is 12.8. The molecule has 0 atom stereocenters. The number of non-ortho nitro benzene ring substituents is 1. The minimum Gasteiger partial charge on any atom is -0.369 e. The van der Waals surface area contributed by atoms with Crippen molar-refractivity contribution >= 4 is 11.4 Å². The highest BCUT2D eigenvalue weighted by atomic mass is 19.1. The lowest BCUT2D eigenvalue weighted by Crippen LogP contribution is -2.34. The van der Waals surface area contributed by atoms with Crippen LogP contribution in [0.15, 0.2) is 18.2 Å². The Kier molecular flexibility index (Phi) is 2.50. The molecular formula is C13H15FN2O2. The molecule has 3 rings (SSSR count). The quantitative estimate of drug-likeness (QED) is 0.598. The fourth-order valence-corrected chi connectivity index (χ4v) is 2.76. The largest absolute Gasteiger partial charge is 0.369 e. The number of hydrogen-bond donors (Lipinski definition) is 0. The van der Waals surface area contributed by atoms with E-state index >= 15 is 0 Å². The lowest BCUT2D eigenvalue weighted by Gasteiger charge is -2.33. The van der Waals surface area contributed by atoms with Crippen LogP contribution in [0.1, 0.15) is 25.7 Å². The summed E-state index contributed by atoms with van der Waals surface area (Å²) in [4.78, 5) is 12.2. The van der Waals surface area contributed by atoms with Crippen LogP contribution in [0.2, 0.25) is 0 Å². The first-order valence-corrected chi connectivity index (χ1v) is 6.29. The van der Waals surface area contributed by atoms with E-state index in [4.69, 9.17) is 0 Å². The molecule has 1 aliphatic carbocycles. The maximum Gasteiger partial charge on any atom is 0.271 e.